The van der Waals surface area contributed by atoms with E-state index in [2.05, 4.69) is 36.6 Å². The van der Waals surface area contributed by atoms with Gasteiger partial charge in [-0.1, -0.05) is 15.9 Å². The fourth-order valence-electron chi connectivity index (χ4n) is 2.34. The number of carbonyl (C=O) groups excluding carboxylic acids is 1. The van der Waals surface area contributed by atoms with Crippen molar-refractivity contribution in [2.24, 2.45) is 5.73 Å². The van der Waals surface area contributed by atoms with E-state index in [0.717, 1.165) is 29.2 Å². The van der Waals surface area contributed by atoms with Crippen molar-refractivity contribution in [3.05, 3.63) is 52.5 Å². The number of aromatic nitrogens is 4. The summed E-state index contributed by atoms with van der Waals surface area (Å²) in [7, 11) is 0. The molecule has 1 aromatic heterocycles. The van der Waals surface area contributed by atoms with Crippen LogP contribution in [0.5, 0.6) is 0 Å². The molecule has 3 aromatic rings. The van der Waals surface area contributed by atoms with Crippen LogP contribution in [0.2, 0.25) is 0 Å². The molecule has 0 fully saturated rings. The molecule has 3 N–H and O–H groups in total. The number of primary amides is 1. The first-order valence-electron chi connectivity index (χ1n) is 7.07. The zero-order chi connectivity index (χ0) is 18.9. The molecule has 2 amide bonds. The normalized spacial score (nSPS) is 11.4. The summed E-state index contributed by atoms with van der Waals surface area (Å²) in [5, 5.41) is 13.5. The van der Waals surface area contributed by atoms with Gasteiger partial charge in [-0.25, -0.2) is 4.79 Å². The molecule has 0 bridgehead atoms. The van der Waals surface area contributed by atoms with E-state index in [1.807, 2.05) is 0 Å². The summed E-state index contributed by atoms with van der Waals surface area (Å²) < 4.78 is 39.0. The molecule has 3 rings (SSSR count). The van der Waals surface area contributed by atoms with Crippen LogP contribution in [0.4, 0.5) is 29.3 Å². The van der Waals surface area contributed by atoms with Gasteiger partial charge in [-0.2, -0.15) is 18.4 Å². The van der Waals surface area contributed by atoms with Crippen molar-refractivity contribution in [2.45, 2.75) is 6.18 Å². The zero-order valence-electron chi connectivity index (χ0n) is 12.8. The van der Waals surface area contributed by atoms with Gasteiger partial charge in [0.1, 0.15) is 0 Å². The third-order valence-corrected chi connectivity index (χ3v) is 3.95. The van der Waals surface area contributed by atoms with Crippen molar-refractivity contribution in [2.75, 3.05) is 4.90 Å². The number of rotatable bonds is 3. The van der Waals surface area contributed by atoms with E-state index >= 15 is 0 Å². The molecule has 2 aromatic carbocycles. The Hall–Kier alpha value is -2.95. The Morgan fingerprint density at radius 3 is 2.38 bits per heavy atom. The second-order valence-corrected chi connectivity index (χ2v) is 6.03. The van der Waals surface area contributed by atoms with Gasteiger partial charge < -0.3 is 5.73 Å². The lowest BCUT2D eigenvalue weighted by Gasteiger charge is -2.23. The maximum atomic E-state index is 12.8. The first kappa shape index (κ1) is 17.9. The van der Waals surface area contributed by atoms with Gasteiger partial charge in [0.15, 0.2) is 0 Å². The molecule has 0 spiro atoms. The fourth-order valence-corrected chi connectivity index (χ4v) is 2.70. The lowest BCUT2D eigenvalue weighted by atomic mass is 10.1. The zero-order valence-corrected chi connectivity index (χ0v) is 14.4. The molecule has 7 nitrogen and oxygen atoms in total. The van der Waals surface area contributed by atoms with Crippen LogP contribution >= 0.6 is 15.9 Å². The summed E-state index contributed by atoms with van der Waals surface area (Å²) in [4.78, 5) is 13.1. The SMILES string of the molecule is NC(=O)N(c1ccc(C(F)(F)F)cc1)c1ccc(Br)cc1-c1nn[nH]n1. The van der Waals surface area contributed by atoms with Gasteiger partial charge in [0.25, 0.3) is 0 Å². The highest BCUT2D eigenvalue weighted by molar-refractivity contribution is 9.10. The molecule has 134 valence electrons. The van der Waals surface area contributed by atoms with Crippen molar-refractivity contribution < 1.29 is 18.0 Å². The molecule has 0 unspecified atom stereocenters. The molecule has 0 saturated heterocycles. The van der Waals surface area contributed by atoms with Gasteiger partial charge in [-0.3, -0.25) is 4.90 Å². The summed E-state index contributed by atoms with van der Waals surface area (Å²) >= 11 is 3.31. The molecule has 0 saturated carbocycles. The Morgan fingerprint density at radius 1 is 1.15 bits per heavy atom. The van der Waals surface area contributed by atoms with Crippen LogP contribution in [-0.4, -0.2) is 26.7 Å². The van der Waals surface area contributed by atoms with Crippen molar-refractivity contribution >= 4 is 33.3 Å². The first-order chi connectivity index (χ1) is 12.3. The van der Waals surface area contributed by atoms with Gasteiger partial charge in [0.05, 0.1) is 16.9 Å². The minimum Gasteiger partial charge on any atom is -0.351 e. The number of nitrogens with one attached hydrogen (secondary N) is 1. The third kappa shape index (κ3) is 3.52. The molecule has 1 heterocycles. The van der Waals surface area contributed by atoms with Crippen LogP contribution in [0.1, 0.15) is 5.56 Å². The Labute approximate surface area is 153 Å². The predicted octanol–water partition coefficient (Wildman–Crippen LogP) is 3.86. The average Bonchev–Trinajstić information content (AvgIpc) is 3.10. The summed E-state index contributed by atoms with van der Waals surface area (Å²) in [5.74, 6) is 0.194. The Balaban J connectivity index is 2.11. The monoisotopic (exact) mass is 426 g/mol. The smallest absolute Gasteiger partial charge is 0.351 e. The Bertz CT molecular complexity index is 928. The summed E-state index contributed by atoms with van der Waals surface area (Å²) in [6.07, 6.45) is -4.48. The number of alkyl halides is 3. The number of hydrogen-bond acceptors (Lipinski definition) is 4. The number of nitrogens with two attached hydrogens (primary N) is 1. The molecule has 0 aliphatic heterocycles. The van der Waals surface area contributed by atoms with E-state index in [1.54, 1.807) is 18.2 Å². The molecular formula is C15H10BrF3N6O. The average molecular weight is 427 g/mol. The number of aromatic amines is 1. The van der Waals surface area contributed by atoms with E-state index < -0.39 is 17.8 Å². The van der Waals surface area contributed by atoms with E-state index in [4.69, 9.17) is 5.73 Å². The van der Waals surface area contributed by atoms with E-state index in [0.29, 0.717) is 15.7 Å². The van der Waals surface area contributed by atoms with Crippen LogP contribution in [0.15, 0.2) is 46.9 Å². The largest absolute Gasteiger partial charge is 0.416 e. The molecule has 0 aliphatic carbocycles. The van der Waals surface area contributed by atoms with Crippen LogP contribution in [0.3, 0.4) is 0 Å². The number of urea groups is 1. The van der Waals surface area contributed by atoms with Gasteiger partial charge in [-0.05, 0) is 47.7 Å². The number of hydrogen-bond donors (Lipinski definition) is 2. The number of H-pyrrole nitrogens is 1. The number of anilines is 2. The lowest BCUT2D eigenvalue weighted by Crippen LogP contribution is -2.32. The number of nitrogens with zero attached hydrogens (tertiary/aromatic N) is 4. The quantitative estimate of drug-likeness (QED) is 0.663. The maximum absolute atomic E-state index is 12.8. The Kier molecular flexibility index (Phi) is 4.64. The van der Waals surface area contributed by atoms with Crippen LogP contribution in [0.25, 0.3) is 11.4 Å². The molecule has 0 radical (unpaired) electrons. The predicted molar refractivity (Wildman–Crippen MR) is 90.5 cm³/mol. The molecule has 0 aliphatic rings. The third-order valence-electron chi connectivity index (χ3n) is 3.46. The fraction of sp³-hybridized carbons (Fsp3) is 0.0667. The van der Waals surface area contributed by atoms with Crippen LogP contribution in [0, 0.1) is 0 Å². The first-order valence-corrected chi connectivity index (χ1v) is 7.87. The minimum atomic E-state index is -4.48. The summed E-state index contributed by atoms with van der Waals surface area (Å²) in [6, 6.07) is 8.05. The van der Waals surface area contributed by atoms with Crippen LogP contribution in [-0.2, 0) is 6.18 Å². The highest BCUT2D eigenvalue weighted by Gasteiger charge is 2.30. The standard InChI is InChI=1S/C15H10BrF3N6O/c16-9-3-6-12(11(7-9)13-21-23-24-22-13)25(14(20)26)10-4-1-8(2-5-10)15(17,18)19/h1-7H,(H2,20,26)(H,21,22,23,24). The second-order valence-electron chi connectivity index (χ2n) is 5.12. The Morgan fingerprint density at radius 2 is 1.85 bits per heavy atom. The topological polar surface area (TPSA) is 101 Å². The van der Waals surface area contributed by atoms with Gasteiger partial charge >= 0.3 is 12.2 Å². The highest BCUT2D eigenvalue weighted by atomic mass is 79.9. The number of tetrazole rings is 1. The minimum absolute atomic E-state index is 0.164. The molecule has 26 heavy (non-hydrogen) atoms. The van der Waals surface area contributed by atoms with Crippen LogP contribution < -0.4 is 10.6 Å². The maximum Gasteiger partial charge on any atom is 0.416 e. The number of halogens is 4. The van der Waals surface area contributed by atoms with Crippen molar-refractivity contribution in [3.63, 3.8) is 0 Å². The van der Waals surface area contributed by atoms with E-state index in [-0.39, 0.29) is 11.5 Å². The summed E-state index contributed by atoms with van der Waals surface area (Å²) in [5.41, 5.74) is 5.51. The molecular weight excluding hydrogens is 417 g/mol. The van der Waals surface area contributed by atoms with E-state index in [9.17, 15) is 18.0 Å². The van der Waals surface area contributed by atoms with E-state index in [1.165, 1.54) is 0 Å². The summed E-state index contributed by atoms with van der Waals surface area (Å²) in [6.45, 7) is 0. The van der Waals surface area contributed by atoms with Crippen molar-refractivity contribution in [1.29, 1.82) is 0 Å². The molecule has 11 heteroatoms. The number of carbonyl (C=O) groups is 1. The van der Waals surface area contributed by atoms with Gasteiger partial charge in [-0.15, -0.1) is 10.2 Å². The van der Waals surface area contributed by atoms with Gasteiger partial charge in [0.2, 0.25) is 5.82 Å². The van der Waals surface area contributed by atoms with Crippen molar-refractivity contribution in [3.8, 4) is 11.4 Å². The number of benzene rings is 2. The number of amides is 2. The lowest BCUT2D eigenvalue weighted by molar-refractivity contribution is -0.137. The molecule has 0 atom stereocenters. The van der Waals surface area contributed by atoms with Crippen molar-refractivity contribution in [1.82, 2.24) is 20.6 Å². The highest BCUT2D eigenvalue weighted by Crippen LogP contribution is 2.37. The second kappa shape index (κ2) is 6.75. The van der Waals surface area contributed by atoms with Gasteiger partial charge in [0, 0.05) is 10.0 Å².